The highest BCUT2D eigenvalue weighted by molar-refractivity contribution is 7.64. The standard InChI is InChI=1S/C19H21ClFN2OP.C7H5ClFNO/c1-22-14-10-11-23(19(14)24)15-9-8-13(18(21)17(15)20)12-6-4-5-7-16(12)25(2)3;8-5-1-2-7(10-4-11)6(9)3-5/h4-9,14,22H,10-11H2,1-3H3;1-4H,(H,10,11). The van der Waals surface area contributed by atoms with Crippen LogP contribution in [0.2, 0.25) is 10.0 Å². The summed E-state index contributed by atoms with van der Waals surface area (Å²) in [4.78, 5) is 23.8. The van der Waals surface area contributed by atoms with Gasteiger partial charge in [-0.1, -0.05) is 55.4 Å². The van der Waals surface area contributed by atoms with Crippen LogP contribution in [-0.4, -0.2) is 45.3 Å². The van der Waals surface area contributed by atoms with Gasteiger partial charge in [0.15, 0.2) is 5.82 Å². The lowest BCUT2D eigenvalue weighted by Crippen LogP contribution is -2.36. The van der Waals surface area contributed by atoms with Gasteiger partial charge in [0, 0.05) is 17.1 Å². The molecule has 3 aromatic carbocycles. The molecule has 4 rings (SSSR count). The third-order valence-electron chi connectivity index (χ3n) is 5.73. The summed E-state index contributed by atoms with van der Waals surface area (Å²) < 4.78 is 27.8. The molecule has 0 aliphatic carbocycles. The highest BCUT2D eigenvalue weighted by Gasteiger charge is 2.33. The van der Waals surface area contributed by atoms with Gasteiger partial charge in [0.1, 0.15) is 10.8 Å². The van der Waals surface area contributed by atoms with E-state index in [0.29, 0.717) is 35.6 Å². The zero-order valence-electron chi connectivity index (χ0n) is 20.0. The summed E-state index contributed by atoms with van der Waals surface area (Å²) >= 11 is 11.8. The molecule has 0 bridgehead atoms. The number of amides is 2. The zero-order chi connectivity index (χ0) is 26.4. The molecule has 36 heavy (non-hydrogen) atoms. The van der Waals surface area contributed by atoms with Crippen LogP contribution in [0.15, 0.2) is 54.6 Å². The van der Waals surface area contributed by atoms with Crippen LogP contribution in [0.3, 0.4) is 0 Å². The summed E-state index contributed by atoms with van der Waals surface area (Å²) in [6, 6.07) is 15.1. The Labute approximate surface area is 220 Å². The van der Waals surface area contributed by atoms with Crippen LogP contribution >= 0.6 is 31.1 Å². The Morgan fingerprint density at radius 2 is 1.78 bits per heavy atom. The Morgan fingerprint density at radius 1 is 1.06 bits per heavy atom. The lowest BCUT2D eigenvalue weighted by molar-refractivity contribution is -0.118. The molecule has 1 fully saturated rings. The van der Waals surface area contributed by atoms with Crippen LogP contribution in [0.5, 0.6) is 0 Å². The second-order valence-corrected chi connectivity index (χ2v) is 11.3. The van der Waals surface area contributed by atoms with Crippen molar-refractivity contribution < 1.29 is 18.4 Å². The van der Waals surface area contributed by atoms with Crippen LogP contribution in [-0.2, 0) is 9.59 Å². The molecular weight excluding hydrogens is 526 g/mol. The number of rotatable bonds is 6. The van der Waals surface area contributed by atoms with Gasteiger partial charge in [-0.2, -0.15) is 0 Å². The SMILES string of the molecule is CNC1CCN(c2ccc(-c3ccccc3P(C)C)c(F)c2Cl)C1=O.O=CNc1ccc(Cl)cc1F. The van der Waals surface area contributed by atoms with Crippen molar-refractivity contribution in [2.75, 3.05) is 37.1 Å². The lowest BCUT2D eigenvalue weighted by Gasteiger charge is -2.20. The van der Waals surface area contributed by atoms with Crippen molar-refractivity contribution in [1.29, 1.82) is 0 Å². The van der Waals surface area contributed by atoms with Crippen molar-refractivity contribution in [3.63, 3.8) is 0 Å². The number of carbonyl (C=O) groups is 2. The maximum absolute atomic E-state index is 15.1. The minimum absolute atomic E-state index is 0.00828. The normalized spacial score (nSPS) is 15.1. The summed E-state index contributed by atoms with van der Waals surface area (Å²) in [5, 5.41) is 6.61. The van der Waals surface area contributed by atoms with Crippen LogP contribution in [0.4, 0.5) is 20.2 Å². The minimum Gasteiger partial charge on any atom is -0.326 e. The first-order chi connectivity index (χ1) is 17.2. The molecule has 190 valence electrons. The zero-order valence-corrected chi connectivity index (χ0v) is 22.4. The molecule has 0 radical (unpaired) electrons. The molecule has 0 saturated carbocycles. The Hall–Kier alpha value is -2.57. The van der Waals surface area contributed by atoms with Crippen molar-refractivity contribution in [3.05, 3.63) is 76.3 Å². The average molecular weight is 552 g/mol. The van der Waals surface area contributed by atoms with Gasteiger partial charge in [-0.15, -0.1) is 0 Å². The smallest absolute Gasteiger partial charge is 0.244 e. The second-order valence-electron chi connectivity index (χ2n) is 8.18. The van der Waals surface area contributed by atoms with Gasteiger partial charge in [-0.25, -0.2) is 8.78 Å². The van der Waals surface area contributed by atoms with E-state index in [1.165, 1.54) is 12.1 Å². The van der Waals surface area contributed by atoms with Gasteiger partial charge in [0.25, 0.3) is 0 Å². The van der Waals surface area contributed by atoms with Crippen LogP contribution in [0.1, 0.15) is 6.42 Å². The quantitative estimate of drug-likeness (QED) is 0.297. The third kappa shape index (κ3) is 6.22. The number of likely N-dealkylation sites (N-methyl/N-ethyl adjacent to an activating group) is 1. The molecule has 5 nitrogen and oxygen atoms in total. The van der Waals surface area contributed by atoms with Crippen molar-refractivity contribution in [2.45, 2.75) is 12.5 Å². The van der Waals surface area contributed by atoms with Crippen LogP contribution in [0, 0.1) is 11.6 Å². The van der Waals surface area contributed by atoms with E-state index in [0.717, 1.165) is 16.9 Å². The van der Waals surface area contributed by atoms with E-state index in [1.807, 2.05) is 24.3 Å². The molecule has 3 aromatic rings. The molecule has 2 N–H and O–H groups in total. The second kappa shape index (κ2) is 12.6. The number of nitrogens with one attached hydrogen (secondary N) is 2. The molecule has 1 heterocycles. The largest absolute Gasteiger partial charge is 0.326 e. The van der Waals surface area contributed by atoms with Crippen molar-refractivity contribution in [3.8, 4) is 11.1 Å². The van der Waals surface area contributed by atoms with Crippen molar-refractivity contribution >= 4 is 60.1 Å². The van der Waals surface area contributed by atoms with E-state index >= 15 is 4.39 Å². The van der Waals surface area contributed by atoms with Crippen molar-refractivity contribution in [1.82, 2.24) is 5.32 Å². The van der Waals surface area contributed by atoms with E-state index in [2.05, 4.69) is 24.0 Å². The summed E-state index contributed by atoms with van der Waals surface area (Å²) in [6.45, 7) is 4.82. The molecule has 10 heteroatoms. The predicted octanol–water partition coefficient (Wildman–Crippen LogP) is 5.89. The molecular formula is C26H26Cl2F2N3O2P. The number of hydrogen-bond donors (Lipinski definition) is 2. The average Bonchev–Trinajstić information content (AvgIpc) is 3.23. The maximum atomic E-state index is 15.1. The van der Waals surface area contributed by atoms with Gasteiger partial charge >= 0.3 is 0 Å². The molecule has 1 atom stereocenters. The molecule has 0 aromatic heterocycles. The topological polar surface area (TPSA) is 61.4 Å². The summed E-state index contributed by atoms with van der Waals surface area (Å²) in [5.74, 6) is -1.07. The molecule has 2 amide bonds. The Morgan fingerprint density at radius 3 is 2.39 bits per heavy atom. The third-order valence-corrected chi connectivity index (χ3v) is 7.68. The highest BCUT2D eigenvalue weighted by Crippen LogP contribution is 2.38. The number of carbonyl (C=O) groups excluding carboxylic acids is 2. The summed E-state index contributed by atoms with van der Waals surface area (Å²) in [7, 11) is 1.38. The number of hydrogen-bond acceptors (Lipinski definition) is 3. The van der Waals surface area contributed by atoms with Crippen LogP contribution < -0.4 is 20.8 Å². The summed E-state index contributed by atoms with van der Waals surface area (Å²) in [5.41, 5.74) is 1.92. The molecule has 0 spiro atoms. The predicted molar refractivity (Wildman–Crippen MR) is 146 cm³/mol. The highest BCUT2D eigenvalue weighted by atomic mass is 35.5. The van der Waals surface area contributed by atoms with Gasteiger partial charge < -0.3 is 15.5 Å². The number of halogens is 4. The Balaban J connectivity index is 0.000000275. The fourth-order valence-corrected chi connectivity index (χ4v) is 5.39. The molecule has 1 unspecified atom stereocenters. The van der Waals surface area contributed by atoms with Gasteiger partial charge in [-0.05, 0) is 68.0 Å². The fraction of sp³-hybridized carbons (Fsp3) is 0.231. The van der Waals surface area contributed by atoms with E-state index in [9.17, 15) is 14.0 Å². The van der Waals surface area contributed by atoms with Crippen LogP contribution in [0.25, 0.3) is 11.1 Å². The monoisotopic (exact) mass is 551 g/mol. The first kappa shape index (κ1) is 28.0. The number of nitrogens with zero attached hydrogens (tertiary/aromatic N) is 1. The molecule has 1 aliphatic rings. The Kier molecular flexibility index (Phi) is 9.80. The Bertz CT molecular complexity index is 1260. The van der Waals surface area contributed by atoms with Gasteiger partial charge in [-0.3, -0.25) is 9.59 Å². The fourth-order valence-electron chi connectivity index (χ4n) is 3.90. The first-order valence-electron chi connectivity index (χ1n) is 11.1. The molecule has 1 saturated heterocycles. The summed E-state index contributed by atoms with van der Waals surface area (Å²) in [6.07, 6.45) is 1.10. The van der Waals surface area contributed by atoms with Gasteiger partial charge in [0.2, 0.25) is 12.3 Å². The number of anilines is 2. The maximum Gasteiger partial charge on any atom is 0.244 e. The van der Waals surface area contributed by atoms with E-state index in [4.69, 9.17) is 23.2 Å². The minimum atomic E-state index is -0.537. The van der Waals surface area contributed by atoms with E-state index < -0.39 is 11.6 Å². The number of benzene rings is 3. The van der Waals surface area contributed by atoms with E-state index in [-0.39, 0.29) is 30.6 Å². The first-order valence-corrected chi connectivity index (χ1v) is 14.1. The van der Waals surface area contributed by atoms with E-state index in [1.54, 1.807) is 24.1 Å². The van der Waals surface area contributed by atoms with Crippen molar-refractivity contribution in [2.24, 2.45) is 0 Å². The van der Waals surface area contributed by atoms with Gasteiger partial charge in [0.05, 0.1) is 17.4 Å². The lowest BCUT2D eigenvalue weighted by atomic mass is 10.0. The molecule has 1 aliphatic heterocycles.